The molecule has 0 saturated heterocycles. The van der Waals surface area contributed by atoms with Gasteiger partial charge in [-0.15, -0.1) is 0 Å². The molecule has 27 heavy (non-hydrogen) atoms. The maximum absolute atomic E-state index is 12.2. The molecule has 2 aromatic rings. The summed E-state index contributed by atoms with van der Waals surface area (Å²) in [5.74, 6) is 0.990. The molecule has 1 aliphatic rings. The maximum atomic E-state index is 12.2. The highest BCUT2D eigenvalue weighted by Crippen LogP contribution is 2.26. The Bertz CT molecular complexity index is 770. The van der Waals surface area contributed by atoms with Gasteiger partial charge in [-0.25, -0.2) is 9.78 Å². The second-order valence-electron chi connectivity index (χ2n) is 7.38. The molecular weight excluding hydrogens is 338 g/mol. The van der Waals surface area contributed by atoms with Crippen LogP contribution in [0.1, 0.15) is 38.8 Å². The first-order chi connectivity index (χ1) is 13.1. The molecule has 2 heterocycles. The fraction of sp³-hybridized carbons (Fsp3) is 0.524. The van der Waals surface area contributed by atoms with Gasteiger partial charge in [0.2, 0.25) is 0 Å². The predicted molar refractivity (Wildman–Crippen MR) is 110 cm³/mol. The van der Waals surface area contributed by atoms with Gasteiger partial charge in [-0.05, 0) is 51.8 Å². The standard InChI is InChI=1S/C21H31N5O/c1-4-16(2)25(3)13-11-22-21(27)24-18-9-7-8-17(14-18)20-23-15-19-10-5-6-12-26(19)20/h7-9,14-16H,4-6,10-13H2,1-3H3,(H2,22,24,27). The molecular formula is C21H31N5O. The largest absolute Gasteiger partial charge is 0.337 e. The highest BCUT2D eigenvalue weighted by molar-refractivity contribution is 5.89. The molecule has 3 rings (SSSR count). The van der Waals surface area contributed by atoms with E-state index in [1.54, 1.807) is 0 Å². The van der Waals surface area contributed by atoms with E-state index < -0.39 is 0 Å². The minimum atomic E-state index is -0.171. The molecule has 6 nitrogen and oxygen atoms in total. The van der Waals surface area contributed by atoms with Crippen molar-refractivity contribution in [3.63, 3.8) is 0 Å². The monoisotopic (exact) mass is 369 g/mol. The fourth-order valence-electron chi connectivity index (χ4n) is 3.46. The minimum absolute atomic E-state index is 0.171. The van der Waals surface area contributed by atoms with Crippen molar-refractivity contribution < 1.29 is 4.79 Å². The zero-order valence-corrected chi connectivity index (χ0v) is 16.7. The van der Waals surface area contributed by atoms with Gasteiger partial charge in [0, 0.05) is 48.8 Å². The number of fused-ring (bicyclic) bond motifs is 1. The number of anilines is 1. The van der Waals surface area contributed by atoms with Crippen LogP contribution < -0.4 is 10.6 Å². The molecule has 1 aromatic heterocycles. The normalized spacial score (nSPS) is 14.7. The lowest BCUT2D eigenvalue weighted by Crippen LogP contribution is -2.38. The predicted octanol–water partition coefficient (Wildman–Crippen LogP) is 3.74. The van der Waals surface area contributed by atoms with Crippen LogP contribution in [-0.2, 0) is 13.0 Å². The average Bonchev–Trinajstić information content (AvgIpc) is 3.11. The van der Waals surface area contributed by atoms with E-state index in [1.807, 2.05) is 24.4 Å². The lowest BCUT2D eigenvalue weighted by molar-refractivity contribution is 0.238. The summed E-state index contributed by atoms with van der Waals surface area (Å²) in [4.78, 5) is 19.1. The quantitative estimate of drug-likeness (QED) is 0.781. The molecule has 0 fully saturated rings. The van der Waals surface area contributed by atoms with E-state index in [1.165, 1.54) is 18.5 Å². The molecule has 0 saturated carbocycles. The third kappa shape index (κ3) is 4.89. The van der Waals surface area contributed by atoms with Gasteiger partial charge in [0.1, 0.15) is 5.82 Å². The number of carbonyl (C=O) groups excluding carboxylic acids is 1. The van der Waals surface area contributed by atoms with Crippen LogP contribution in [0.5, 0.6) is 0 Å². The van der Waals surface area contributed by atoms with Crippen LogP contribution in [0.3, 0.4) is 0 Å². The summed E-state index contributed by atoms with van der Waals surface area (Å²) >= 11 is 0. The minimum Gasteiger partial charge on any atom is -0.337 e. The van der Waals surface area contributed by atoms with Gasteiger partial charge >= 0.3 is 6.03 Å². The van der Waals surface area contributed by atoms with Crippen LogP contribution in [0.2, 0.25) is 0 Å². The number of likely N-dealkylation sites (N-methyl/N-ethyl adjacent to an activating group) is 1. The highest BCUT2D eigenvalue weighted by atomic mass is 16.2. The summed E-state index contributed by atoms with van der Waals surface area (Å²) in [6.07, 6.45) is 6.61. The topological polar surface area (TPSA) is 62.2 Å². The Morgan fingerprint density at radius 1 is 1.37 bits per heavy atom. The van der Waals surface area contributed by atoms with E-state index in [0.29, 0.717) is 12.6 Å². The number of nitrogens with one attached hydrogen (secondary N) is 2. The summed E-state index contributed by atoms with van der Waals surface area (Å²) in [7, 11) is 2.09. The molecule has 0 spiro atoms. The Hall–Kier alpha value is -2.34. The Labute approximate surface area is 162 Å². The lowest BCUT2D eigenvalue weighted by atomic mass is 10.1. The Kier molecular flexibility index (Phi) is 6.50. The van der Waals surface area contributed by atoms with E-state index in [-0.39, 0.29) is 6.03 Å². The summed E-state index contributed by atoms with van der Waals surface area (Å²) in [5.41, 5.74) is 3.13. The van der Waals surface area contributed by atoms with Crippen molar-refractivity contribution in [2.45, 2.75) is 52.1 Å². The molecule has 2 N–H and O–H groups in total. The van der Waals surface area contributed by atoms with Crippen molar-refractivity contribution >= 4 is 11.7 Å². The molecule has 1 atom stereocenters. The van der Waals surface area contributed by atoms with E-state index in [9.17, 15) is 4.79 Å². The van der Waals surface area contributed by atoms with E-state index >= 15 is 0 Å². The highest BCUT2D eigenvalue weighted by Gasteiger charge is 2.15. The van der Waals surface area contributed by atoms with Gasteiger partial charge in [0.15, 0.2) is 0 Å². The van der Waals surface area contributed by atoms with Gasteiger partial charge in [0.05, 0.1) is 0 Å². The second-order valence-corrected chi connectivity index (χ2v) is 7.38. The van der Waals surface area contributed by atoms with Crippen LogP contribution in [0, 0.1) is 0 Å². The molecule has 1 aromatic carbocycles. The molecule has 2 amide bonds. The van der Waals surface area contributed by atoms with Crippen molar-refractivity contribution in [2.24, 2.45) is 0 Å². The number of hydrogen-bond acceptors (Lipinski definition) is 3. The first-order valence-electron chi connectivity index (χ1n) is 9.98. The summed E-state index contributed by atoms with van der Waals surface area (Å²) in [6, 6.07) is 8.27. The SMILES string of the molecule is CCC(C)N(C)CCNC(=O)Nc1cccc(-c2ncc3n2CCCC3)c1. The van der Waals surface area contributed by atoms with Crippen LogP contribution in [-0.4, -0.2) is 46.7 Å². The number of aryl methyl sites for hydroxylation is 1. The number of aromatic nitrogens is 2. The van der Waals surface area contributed by atoms with Gasteiger partial charge in [-0.3, -0.25) is 0 Å². The zero-order chi connectivity index (χ0) is 19.2. The molecule has 0 bridgehead atoms. The van der Waals surface area contributed by atoms with E-state index in [2.05, 4.69) is 52.0 Å². The number of carbonyl (C=O) groups is 1. The molecule has 146 valence electrons. The number of amides is 2. The van der Waals surface area contributed by atoms with Crippen LogP contribution in [0.25, 0.3) is 11.4 Å². The van der Waals surface area contributed by atoms with Gasteiger partial charge in [-0.2, -0.15) is 0 Å². The Morgan fingerprint density at radius 2 is 2.22 bits per heavy atom. The number of imidazole rings is 1. The molecule has 1 aliphatic heterocycles. The average molecular weight is 370 g/mol. The van der Waals surface area contributed by atoms with Crippen LogP contribution >= 0.6 is 0 Å². The second kappa shape index (κ2) is 9.04. The van der Waals surface area contributed by atoms with Gasteiger partial charge in [0.25, 0.3) is 0 Å². The summed E-state index contributed by atoms with van der Waals surface area (Å²) in [5, 5.41) is 5.87. The maximum Gasteiger partial charge on any atom is 0.319 e. The number of nitrogens with zero attached hydrogens (tertiary/aromatic N) is 3. The molecule has 6 heteroatoms. The number of benzene rings is 1. The fourth-order valence-corrected chi connectivity index (χ4v) is 3.46. The number of urea groups is 1. The third-order valence-electron chi connectivity index (χ3n) is 5.47. The Balaban J connectivity index is 1.58. The van der Waals surface area contributed by atoms with Crippen molar-refractivity contribution in [1.82, 2.24) is 19.8 Å². The van der Waals surface area contributed by atoms with Crippen molar-refractivity contribution in [3.8, 4) is 11.4 Å². The Morgan fingerprint density at radius 3 is 3.04 bits per heavy atom. The molecule has 0 aliphatic carbocycles. The third-order valence-corrected chi connectivity index (χ3v) is 5.47. The van der Waals surface area contributed by atoms with Gasteiger partial charge in [-0.1, -0.05) is 19.1 Å². The van der Waals surface area contributed by atoms with E-state index in [4.69, 9.17) is 0 Å². The molecule has 0 radical (unpaired) electrons. The van der Waals surface area contributed by atoms with Crippen molar-refractivity contribution in [1.29, 1.82) is 0 Å². The van der Waals surface area contributed by atoms with Crippen LogP contribution in [0.4, 0.5) is 10.5 Å². The summed E-state index contributed by atoms with van der Waals surface area (Å²) < 4.78 is 2.30. The first kappa shape index (κ1) is 19.4. The zero-order valence-electron chi connectivity index (χ0n) is 16.7. The van der Waals surface area contributed by atoms with E-state index in [0.717, 1.165) is 43.0 Å². The lowest BCUT2D eigenvalue weighted by Gasteiger charge is -2.23. The van der Waals surface area contributed by atoms with Crippen LogP contribution in [0.15, 0.2) is 30.5 Å². The van der Waals surface area contributed by atoms with Crippen molar-refractivity contribution in [3.05, 3.63) is 36.2 Å². The first-order valence-corrected chi connectivity index (χ1v) is 9.98. The van der Waals surface area contributed by atoms with Gasteiger partial charge < -0.3 is 20.1 Å². The number of hydrogen-bond donors (Lipinski definition) is 2. The summed E-state index contributed by atoms with van der Waals surface area (Å²) in [6.45, 7) is 6.85. The smallest absolute Gasteiger partial charge is 0.319 e. The van der Waals surface area contributed by atoms with Crippen molar-refractivity contribution in [2.75, 3.05) is 25.5 Å². The molecule has 1 unspecified atom stereocenters. The number of rotatable bonds is 7.